The average molecular weight is 328 g/mol. The van der Waals surface area contributed by atoms with Gasteiger partial charge >= 0.3 is 11.9 Å². The molecule has 0 amide bonds. The molecule has 0 aliphatic carbocycles. The highest BCUT2D eigenvalue weighted by Crippen LogP contribution is 2.42. The van der Waals surface area contributed by atoms with Gasteiger partial charge in [0.2, 0.25) is 0 Å². The molecule has 1 N–H and O–H groups in total. The third kappa shape index (κ3) is 2.56. The summed E-state index contributed by atoms with van der Waals surface area (Å²) >= 11 is 0. The molecule has 0 saturated carbocycles. The maximum atomic E-state index is 12.2. The van der Waals surface area contributed by atoms with E-state index in [9.17, 15) is 14.7 Å². The summed E-state index contributed by atoms with van der Waals surface area (Å²) in [6.45, 7) is 0. The first-order valence-electron chi connectivity index (χ1n) is 7.31. The number of fused-ring (bicyclic) bond motifs is 1. The molecule has 0 bridgehead atoms. The summed E-state index contributed by atoms with van der Waals surface area (Å²) in [6.07, 6.45) is -0.940. The molecule has 2 aromatic carbocycles. The zero-order valence-corrected chi connectivity index (χ0v) is 13.2. The summed E-state index contributed by atoms with van der Waals surface area (Å²) in [7, 11) is 2.99. The molecule has 0 unspecified atom stereocenters. The van der Waals surface area contributed by atoms with Gasteiger partial charge in [-0.1, -0.05) is 24.3 Å². The molecule has 6 nitrogen and oxygen atoms in total. The number of rotatable bonds is 4. The average Bonchev–Trinajstić information content (AvgIpc) is 2.60. The molecule has 3 rings (SSSR count). The van der Waals surface area contributed by atoms with Gasteiger partial charge < -0.3 is 19.3 Å². The maximum Gasteiger partial charge on any atom is 0.339 e. The summed E-state index contributed by atoms with van der Waals surface area (Å²) < 4.78 is 15.9. The van der Waals surface area contributed by atoms with Gasteiger partial charge in [-0.15, -0.1) is 0 Å². The highest BCUT2D eigenvalue weighted by Gasteiger charge is 2.41. The van der Waals surface area contributed by atoms with Crippen LogP contribution in [-0.4, -0.2) is 31.3 Å². The van der Waals surface area contributed by atoms with Crippen LogP contribution in [0.25, 0.3) is 0 Å². The molecule has 2 aromatic rings. The van der Waals surface area contributed by atoms with Crippen molar-refractivity contribution >= 4 is 11.9 Å². The van der Waals surface area contributed by atoms with E-state index in [1.54, 1.807) is 42.5 Å². The summed E-state index contributed by atoms with van der Waals surface area (Å²) in [5.41, 5.74) is 1.26. The standard InChI is InChI=1S/C18H16O6/c1-22-13-8-7-10(9-14(13)23-2)16-15(17(19)20)11-5-3-4-6-12(11)18(21)24-16/h3-9,15-16H,1-2H3,(H,19,20)/t15-,16+/m0/s1. The molecule has 0 radical (unpaired) electrons. The number of carbonyl (C=O) groups is 2. The Hall–Kier alpha value is -3.02. The molecule has 0 spiro atoms. The van der Waals surface area contributed by atoms with Crippen LogP contribution in [0.2, 0.25) is 0 Å². The number of carboxylic acids is 1. The van der Waals surface area contributed by atoms with Crippen LogP contribution in [0.1, 0.15) is 33.5 Å². The van der Waals surface area contributed by atoms with Crippen molar-refractivity contribution in [3.05, 3.63) is 59.2 Å². The lowest BCUT2D eigenvalue weighted by Gasteiger charge is -2.30. The number of ether oxygens (including phenoxy) is 3. The van der Waals surface area contributed by atoms with Crippen LogP contribution in [0.5, 0.6) is 11.5 Å². The molecule has 0 saturated heterocycles. The van der Waals surface area contributed by atoms with Gasteiger partial charge in [-0.2, -0.15) is 0 Å². The molecule has 1 aliphatic heterocycles. The van der Waals surface area contributed by atoms with E-state index in [2.05, 4.69) is 0 Å². The Morgan fingerprint density at radius 2 is 1.79 bits per heavy atom. The molecule has 124 valence electrons. The van der Waals surface area contributed by atoms with Gasteiger partial charge in [0.1, 0.15) is 12.0 Å². The largest absolute Gasteiger partial charge is 0.493 e. The molecule has 1 aliphatic rings. The molecule has 2 atom stereocenters. The van der Waals surface area contributed by atoms with Crippen molar-refractivity contribution in [1.82, 2.24) is 0 Å². The second kappa shape index (κ2) is 6.23. The van der Waals surface area contributed by atoms with E-state index in [-0.39, 0.29) is 5.56 Å². The van der Waals surface area contributed by atoms with Crippen LogP contribution in [0.15, 0.2) is 42.5 Å². The van der Waals surface area contributed by atoms with E-state index in [1.807, 2.05) is 0 Å². The molecule has 24 heavy (non-hydrogen) atoms. The lowest BCUT2D eigenvalue weighted by molar-refractivity contribution is -0.142. The lowest BCUT2D eigenvalue weighted by atomic mass is 9.84. The maximum absolute atomic E-state index is 12.2. The van der Waals surface area contributed by atoms with Crippen LogP contribution in [0.3, 0.4) is 0 Å². The van der Waals surface area contributed by atoms with Crippen molar-refractivity contribution in [2.75, 3.05) is 14.2 Å². The summed E-state index contributed by atoms with van der Waals surface area (Å²) in [5.74, 6) is -1.64. The van der Waals surface area contributed by atoms with Crippen LogP contribution < -0.4 is 9.47 Å². The van der Waals surface area contributed by atoms with E-state index in [0.717, 1.165) is 0 Å². The number of esters is 1. The Morgan fingerprint density at radius 1 is 1.08 bits per heavy atom. The number of carbonyl (C=O) groups excluding carboxylic acids is 1. The highest BCUT2D eigenvalue weighted by molar-refractivity contribution is 5.96. The smallest absolute Gasteiger partial charge is 0.339 e. The Kier molecular flexibility index (Phi) is 4.12. The third-order valence-electron chi connectivity index (χ3n) is 4.05. The van der Waals surface area contributed by atoms with Gasteiger partial charge in [-0.05, 0) is 29.3 Å². The molecule has 0 fully saturated rings. The normalized spacial score (nSPS) is 19.2. The highest BCUT2D eigenvalue weighted by atomic mass is 16.5. The van der Waals surface area contributed by atoms with Crippen molar-refractivity contribution in [3.8, 4) is 11.5 Å². The zero-order valence-electron chi connectivity index (χ0n) is 13.2. The Bertz CT molecular complexity index is 798. The van der Waals surface area contributed by atoms with Crippen molar-refractivity contribution < 1.29 is 28.9 Å². The number of methoxy groups -OCH3 is 2. The van der Waals surface area contributed by atoms with Crippen LogP contribution >= 0.6 is 0 Å². The number of benzene rings is 2. The SMILES string of the molecule is COc1ccc([C@H]2OC(=O)c3ccccc3[C@@H]2C(=O)O)cc1OC. The molecule has 6 heteroatoms. The minimum Gasteiger partial charge on any atom is -0.493 e. The topological polar surface area (TPSA) is 82.1 Å². The van der Waals surface area contributed by atoms with Gasteiger partial charge in [0, 0.05) is 0 Å². The van der Waals surface area contributed by atoms with Crippen LogP contribution in [0.4, 0.5) is 0 Å². The Labute approximate surface area is 138 Å². The first-order chi connectivity index (χ1) is 11.6. The minimum absolute atomic E-state index is 0.279. The Morgan fingerprint density at radius 3 is 2.46 bits per heavy atom. The minimum atomic E-state index is -1.06. The summed E-state index contributed by atoms with van der Waals surface area (Å²) in [6, 6.07) is 11.5. The molecular weight excluding hydrogens is 312 g/mol. The monoisotopic (exact) mass is 328 g/mol. The molecule has 1 heterocycles. The first kappa shape index (κ1) is 15.9. The number of hydrogen-bond donors (Lipinski definition) is 1. The molecular formula is C18H16O6. The van der Waals surface area contributed by atoms with Gasteiger partial charge in [-0.3, -0.25) is 4.79 Å². The first-order valence-corrected chi connectivity index (χ1v) is 7.31. The number of carboxylic acid groups (broad SMARTS) is 1. The van der Waals surface area contributed by atoms with Crippen molar-refractivity contribution in [2.24, 2.45) is 0 Å². The van der Waals surface area contributed by atoms with E-state index in [0.29, 0.717) is 22.6 Å². The van der Waals surface area contributed by atoms with E-state index < -0.39 is 24.0 Å². The van der Waals surface area contributed by atoms with Gasteiger partial charge in [-0.25, -0.2) is 4.79 Å². The second-order valence-corrected chi connectivity index (χ2v) is 5.34. The van der Waals surface area contributed by atoms with Gasteiger partial charge in [0.05, 0.1) is 19.8 Å². The van der Waals surface area contributed by atoms with Gasteiger partial charge in [0.25, 0.3) is 0 Å². The lowest BCUT2D eigenvalue weighted by Crippen LogP contribution is -2.31. The fourth-order valence-electron chi connectivity index (χ4n) is 2.92. The van der Waals surface area contributed by atoms with E-state index in [1.165, 1.54) is 14.2 Å². The third-order valence-corrected chi connectivity index (χ3v) is 4.05. The Balaban J connectivity index is 2.11. The van der Waals surface area contributed by atoms with Gasteiger partial charge in [0.15, 0.2) is 11.5 Å². The molecule has 0 aromatic heterocycles. The second-order valence-electron chi connectivity index (χ2n) is 5.34. The van der Waals surface area contributed by atoms with Crippen molar-refractivity contribution in [3.63, 3.8) is 0 Å². The van der Waals surface area contributed by atoms with E-state index in [4.69, 9.17) is 14.2 Å². The number of hydrogen-bond acceptors (Lipinski definition) is 5. The zero-order chi connectivity index (χ0) is 17.3. The van der Waals surface area contributed by atoms with Crippen molar-refractivity contribution in [2.45, 2.75) is 12.0 Å². The fraction of sp³-hybridized carbons (Fsp3) is 0.222. The fourth-order valence-corrected chi connectivity index (χ4v) is 2.92. The summed E-state index contributed by atoms with van der Waals surface area (Å²) in [5, 5.41) is 9.68. The van der Waals surface area contributed by atoms with E-state index >= 15 is 0 Å². The number of aliphatic carboxylic acids is 1. The number of cyclic esters (lactones) is 1. The summed E-state index contributed by atoms with van der Waals surface area (Å²) in [4.78, 5) is 24.1. The predicted octanol–water partition coefficient (Wildman–Crippen LogP) is 2.78. The van der Waals surface area contributed by atoms with Crippen LogP contribution in [-0.2, 0) is 9.53 Å². The van der Waals surface area contributed by atoms with Crippen LogP contribution in [0, 0.1) is 0 Å². The van der Waals surface area contributed by atoms with Crippen molar-refractivity contribution in [1.29, 1.82) is 0 Å². The quantitative estimate of drug-likeness (QED) is 0.869. The predicted molar refractivity (Wildman–Crippen MR) is 84.5 cm³/mol.